The van der Waals surface area contributed by atoms with Gasteiger partial charge in [-0.05, 0) is 60.9 Å². The first-order valence-electron chi connectivity index (χ1n) is 5.84. The van der Waals surface area contributed by atoms with Crippen LogP contribution in [0.25, 0.3) is 0 Å². The number of rotatable bonds is 3. The van der Waals surface area contributed by atoms with E-state index >= 15 is 0 Å². The Morgan fingerprint density at radius 2 is 1.83 bits per heavy atom. The lowest BCUT2D eigenvalue weighted by Gasteiger charge is -2.10. The van der Waals surface area contributed by atoms with E-state index in [1.807, 2.05) is 32.0 Å². The summed E-state index contributed by atoms with van der Waals surface area (Å²) in [7, 11) is 0. The van der Waals surface area contributed by atoms with Crippen LogP contribution in [0, 0.1) is 19.7 Å². The van der Waals surface area contributed by atoms with Crippen molar-refractivity contribution in [1.29, 1.82) is 0 Å². The van der Waals surface area contributed by atoms with Crippen molar-refractivity contribution in [3.8, 4) is 11.5 Å². The van der Waals surface area contributed by atoms with E-state index < -0.39 is 0 Å². The zero-order valence-corrected chi connectivity index (χ0v) is 10.5. The first-order chi connectivity index (χ1) is 8.60. The summed E-state index contributed by atoms with van der Waals surface area (Å²) in [4.78, 5) is 0. The third-order valence-corrected chi connectivity index (χ3v) is 2.90. The molecule has 2 aromatic rings. The number of hydrogen-bond donors (Lipinski definition) is 1. The van der Waals surface area contributed by atoms with Gasteiger partial charge < -0.3 is 10.5 Å². The molecule has 0 aromatic heterocycles. The van der Waals surface area contributed by atoms with Crippen molar-refractivity contribution in [2.45, 2.75) is 20.4 Å². The molecule has 94 valence electrons. The average Bonchev–Trinajstić information content (AvgIpc) is 2.33. The maximum atomic E-state index is 13.0. The monoisotopic (exact) mass is 245 g/mol. The van der Waals surface area contributed by atoms with E-state index in [4.69, 9.17) is 10.5 Å². The Balaban J connectivity index is 2.26. The molecule has 0 bridgehead atoms. The molecule has 0 unspecified atom stereocenters. The maximum Gasteiger partial charge on any atom is 0.130 e. The van der Waals surface area contributed by atoms with Gasteiger partial charge >= 0.3 is 0 Å². The molecule has 0 aliphatic carbocycles. The normalized spacial score (nSPS) is 10.4. The Hall–Kier alpha value is -1.87. The lowest BCUT2D eigenvalue weighted by molar-refractivity contribution is 0.476. The Morgan fingerprint density at radius 1 is 1.06 bits per heavy atom. The van der Waals surface area contributed by atoms with Crippen LogP contribution in [0.4, 0.5) is 4.39 Å². The van der Waals surface area contributed by atoms with Crippen LogP contribution in [0.3, 0.4) is 0 Å². The number of ether oxygens (including phenoxy) is 1. The van der Waals surface area contributed by atoms with Crippen LogP contribution in [0.2, 0.25) is 0 Å². The molecule has 0 amide bonds. The van der Waals surface area contributed by atoms with Crippen LogP contribution < -0.4 is 10.5 Å². The molecule has 3 heteroatoms. The Labute approximate surface area is 106 Å². The van der Waals surface area contributed by atoms with Gasteiger partial charge in [0.25, 0.3) is 0 Å². The van der Waals surface area contributed by atoms with Crippen LogP contribution in [-0.2, 0) is 6.54 Å². The molecule has 0 atom stereocenters. The van der Waals surface area contributed by atoms with E-state index in [9.17, 15) is 4.39 Å². The molecule has 18 heavy (non-hydrogen) atoms. The van der Waals surface area contributed by atoms with Gasteiger partial charge in [0.2, 0.25) is 0 Å². The van der Waals surface area contributed by atoms with Gasteiger partial charge in [-0.25, -0.2) is 4.39 Å². The number of benzene rings is 2. The van der Waals surface area contributed by atoms with Crippen molar-refractivity contribution < 1.29 is 9.13 Å². The number of aryl methyl sites for hydroxylation is 2. The third kappa shape index (κ3) is 2.68. The smallest absolute Gasteiger partial charge is 0.130 e. The van der Waals surface area contributed by atoms with Crippen LogP contribution in [-0.4, -0.2) is 0 Å². The molecule has 0 heterocycles. The molecule has 2 N–H and O–H groups in total. The van der Waals surface area contributed by atoms with E-state index in [2.05, 4.69) is 0 Å². The number of hydrogen-bond acceptors (Lipinski definition) is 2. The highest BCUT2D eigenvalue weighted by Gasteiger charge is 2.04. The summed E-state index contributed by atoms with van der Waals surface area (Å²) in [5, 5.41) is 0. The second-order valence-electron chi connectivity index (χ2n) is 4.30. The molecule has 2 aromatic carbocycles. The summed E-state index contributed by atoms with van der Waals surface area (Å²) >= 11 is 0. The van der Waals surface area contributed by atoms with Gasteiger partial charge in [-0.2, -0.15) is 0 Å². The Bertz CT molecular complexity index is 566. The second kappa shape index (κ2) is 5.19. The largest absolute Gasteiger partial charge is 0.457 e. The zero-order chi connectivity index (χ0) is 13.1. The van der Waals surface area contributed by atoms with Gasteiger partial charge in [0.1, 0.15) is 17.3 Å². The van der Waals surface area contributed by atoms with Crippen molar-refractivity contribution in [2.75, 3.05) is 0 Å². The summed E-state index contributed by atoms with van der Waals surface area (Å²) in [5.74, 6) is 1.14. The van der Waals surface area contributed by atoms with E-state index in [0.29, 0.717) is 12.3 Å². The second-order valence-corrected chi connectivity index (χ2v) is 4.30. The van der Waals surface area contributed by atoms with Gasteiger partial charge in [-0.15, -0.1) is 0 Å². The minimum atomic E-state index is -0.255. The topological polar surface area (TPSA) is 35.2 Å². The summed E-state index contributed by atoms with van der Waals surface area (Å²) in [5.41, 5.74) is 8.57. The van der Waals surface area contributed by atoms with E-state index in [1.165, 1.54) is 12.1 Å². The molecule has 0 radical (unpaired) electrons. The lowest BCUT2D eigenvalue weighted by Crippen LogP contribution is -1.99. The lowest BCUT2D eigenvalue weighted by atomic mass is 10.1. The maximum absolute atomic E-state index is 13.0. The van der Waals surface area contributed by atoms with Crippen molar-refractivity contribution >= 4 is 0 Å². The average molecular weight is 245 g/mol. The fourth-order valence-corrected chi connectivity index (χ4v) is 1.82. The molecule has 0 aliphatic rings. The van der Waals surface area contributed by atoms with Gasteiger partial charge in [-0.3, -0.25) is 0 Å². The molecular formula is C15H16FNO. The molecular weight excluding hydrogens is 229 g/mol. The highest BCUT2D eigenvalue weighted by Crippen LogP contribution is 2.26. The predicted molar refractivity (Wildman–Crippen MR) is 70.3 cm³/mol. The first-order valence-corrected chi connectivity index (χ1v) is 5.84. The molecule has 2 nitrogen and oxygen atoms in total. The van der Waals surface area contributed by atoms with Crippen LogP contribution in [0.5, 0.6) is 11.5 Å². The highest BCUT2D eigenvalue weighted by atomic mass is 19.1. The standard InChI is InChI=1S/C15H16FNO/c1-10-8-14(5-3-12(10)9-17)18-15-6-4-13(16)7-11(15)2/h3-8H,9,17H2,1-2H3. The summed E-state index contributed by atoms with van der Waals surface area (Å²) in [6.45, 7) is 4.33. The predicted octanol–water partition coefficient (Wildman–Crippen LogP) is 3.69. The minimum absolute atomic E-state index is 0.255. The Kier molecular flexibility index (Phi) is 3.63. The molecule has 2 rings (SSSR count). The van der Waals surface area contributed by atoms with Crippen LogP contribution >= 0.6 is 0 Å². The fraction of sp³-hybridized carbons (Fsp3) is 0.200. The van der Waals surface area contributed by atoms with Gasteiger partial charge in [0.15, 0.2) is 0 Å². The number of halogens is 1. The van der Waals surface area contributed by atoms with Gasteiger partial charge in [-0.1, -0.05) is 6.07 Å². The van der Waals surface area contributed by atoms with Crippen molar-refractivity contribution in [3.63, 3.8) is 0 Å². The van der Waals surface area contributed by atoms with Gasteiger partial charge in [0.05, 0.1) is 0 Å². The molecule has 0 saturated heterocycles. The number of nitrogens with two attached hydrogens (primary N) is 1. The SMILES string of the molecule is Cc1cc(Oc2ccc(F)cc2C)ccc1CN. The molecule has 0 spiro atoms. The Morgan fingerprint density at radius 3 is 2.44 bits per heavy atom. The zero-order valence-electron chi connectivity index (χ0n) is 10.5. The quantitative estimate of drug-likeness (QED) is 0.895. The van der Waals surface area contributed by atoms with Crippen molar-refractivity contribution in [2.24, 2.45) is 5.73 Å². The van der Waals surface area contributed by atoms with Crippen molar-refractivity contribution in [1.82, 2.24) is 0 Å². The third-order valence-electron chi connectivity index (χ3n) is 2.90. The van der Waals surface area contributed by atoms with Crippen LogP contribution in [0.15, 0.2) is 36.4 Å². The van der Waals surface area contributed by atoms with E-state index in [1.54, 1.807) is 6.07 Å². The van der Waals surface area contributed by atoms with Gasteiger partial charge in [0, 0.05) is 6.54 Å². The highest BCUT2D eigenvalue weighted by molar-refractivity contribution is 5.40. The molecule has 0 saturated carbocycles. The summed E-state index contributed by atoms with van der Waals surface area (Å²) in [6, 6.07) is 10.2. The van der Waals surface area contributed by atoms with E-state index in [-0.39, 0.29) is 5.82 Å². The minimum Gasteiger partial charge on any atom is -0.457 e. The molecule has 0 aliphatic heterocycles. The van der Waals surface area contributed by atoms with Crippen molar-refractivity contribution in [3.05, 3.63) is 58.9 Å². The summed E-state index contributed by atoms with van der Waals surface area (Å²) < 4.78 is 18.7. The fourth-order valence-electron chi connectivity index (χ4n) is 1.82. The molecule has 0 fully saturated rings. The first kappa shape index (κ1) is 12.6. The summed E-state index contributed by atoms with van der Waals surface area (Å²) in [6.07, 6.45) is 0. The van der Waals surface area contributed by atoms with Crippen LogP contribution in [0.1, 0.15) is 16.7 Å². The van der Waals surface area contributed by atoms with E-state index in [0.717, 1.165) is 22.4 Å².